The highest BCUT2D eigenvalue weighted by Gasteiger charge is 2.03. The molecule has 0 aliphatic heterocycles. The molecule has 13 heavy (non-hydrogen) atoms. The first-order chi connectivity index (χ1) is 6.20. The molecule has 0 atom stereocenters. The molecule has 0 aliphatic rings. The third-order valence-corrected chi connectivity index (χ3v) is 3.21. The van der Waals surface area contributed by atoms with E-state index in [4.69, 9.17) is 0 Å². The summed E-state index contributed by atoms with van der Waals surface area (Å²) in [4.78, 5) is 0. The van der Waals surface area contributed by atoms with E-state index in [0.29, 0.717) is 0 Å². The summed E-state index contributed by atoms with van der Waals surface area (Å²) in [7, 11) is 0. The average Bonchev–Trinajstić information content (AvgIpc) is 2.42. The number of thiophene rings is 1. The molecule has 0 bridgehead atoms. The van der Waals surface area contributed by atoms with Crippen molar-refractivity contribution in [3.05, 3.63) is 34.5 Å². The number of hydrogen-bond acceptors (Lipinski definition) is 1. The van der Waals surface area contributed by atoms with Crippen LogP contribution in [-0.4, -0.2) is 0 Å². The Morgan fingerprint density at radius 1 is 1.31 bits per heavy atom. The van der Waals surface area contributed by atoms with Gasteiger partial charge in [-0.15, -0.1) is 11.3 Å². The molecule has 1 aromatic heterocycles. The van der Waals surface area contributed by atoms with Gasteiger partial charge in [-0.2, -0.15) is 4.39 Å². The minimum atomic E-state index is -0.0948. The highest BCUT2D eigenvalue weighted by atomic mass is 32.1. The number of halogens is 1. The summed E-state index contributed by atoms with van der Waals surface area (Å²) in [5.74, 6) is 0. The van der Waals surface area contributed by atoms with Gasteiger partial charge in [0, 0.05) is 4.70 Å². The van der Waals surface area contributed by atoms with Gasteiger partial charge in [0.15, 0.2) is 5.13 Å². The summed E-state index contributed by atoms with van der Waals surface area (Å²) in [5, 5.41) is 0.938. The van der Waals surface area contributed by atoms with Crippen LogP contribution in [0.1, 0.15) is 18.1 Å². The van der Waals surface area contributed by atoms with Crippen molar-refractivity contribution in [2.24, 2.45) is 0 Å². The molecule has 1 aromatic carbocycles. The normalized spacial score (nSPS) is 11.0. The summed E-state index contributed by atoms with van der Waals surface area (Å²) < 4.78 is 14.0. The lowest BCUT2D eigenvalue weighted by molar-refractivity contribution is 0.658. The van der Waals surface area contributed by atoms with Gasteiger partial charge in [0.1, 0.15) is 0 Å². The second-order valence-electron chi connectivity index (χ2n) is 3.22. The minimum absolute atomic E-state index is 0.0948. The number of rotatable bonds is 1. The quantitative estimate of drug-likeness (QED) is 0.645. The molecule has 2 heteroatoms. The molecule has 1 heterocycles. The standard InChI is InChI=1S/C11H11FS/c1-3-8-5-9-6-11(12)13-10(9)4-7(8)2/h4-6H,3H2,1-2H3. The summed E-state index contributed by atoms with van der Waals surface area (Å²) in [5.41, 5.74) is 2.57. The maximum atomic E-state index is 12.9. The van der Waals surface area contributed by atoms with Gasteiger partial charge >= 0.3 is 0 Å². The zero-order valence-electron chi connectivity index (χ0n) is 7.73. The van der Waals surface area contributed by atoms with E-state index in [1.165, 1.54) is 22.5 Å². The van der Waals surface area contributed by atoms with Gasteiger partial charge in [-0.25, -0.2) is 0 Å². The Morgan fingerprint density at radius 2 is 2.08 bits per heavy atom. The second kappa shape index (κ2) is 3.11. The maximum absolute atomic E-state index is 12.9. The molecule has 0 unspecified atom stereocenters. The number of aryl methyl sites for hydroxylation is 2. The van der Waals surface area contributed by atoms with Crippen molar-refractivity contribution < 1.29 is 4.39 Å². The van der Waals surface area contributed by atoms with Crippen molar-refractivity contribution in [1.29, 1.82) is 0 Å². The highest BCUT2D eigenvalue weighted by Crippen LogP contribution is 2.27. The van der Waals surface area contributed by atoms with Crippen LogP contribution in [0.25, 0.3) is 10.1 Å². The van der Waals surface area contributed by atoms with Gasteiger partial charge < -0.3 is 0 Å². The first kappa shape index (κ1) is 8.70. The Morgan fingerprint density at radius 3 is 2.77 bits per heavy atom. The minimum Gasteiger partial charge on any atom is -0.195 e. The van der Waals surface area contributed by atoms with E-state index < -0.39 is 0 Å². The van der Waals surface area contributed by atoms with Gasteiger partial charge in [-0.05, 0) is 48.1 Å². The van der Waals surface area contributed by atoms with Crippen LogP contribution < -0.4 is 0 Å². The van der Waals surface area contributed by atoms with Crippen molar-refractivity contribution in [1.82, 2.24) is 0 Å². The van der Waals surface area contributed by atoms with Crippen molar-refractivity contribution in [3.8, 4) is 0 Å². The van der Waals surface area contributed by atoms with Crippen LogP contribution >= 0.6 is 11.3 Å². The second-order valence-corrected chi connectivity index (χ2v) is 4.25. The average molecular weight is 194 g/mol. The number of hydrogen-bond donors (Lipinski definition) is 0. The molecule has 0 nitrogen and oxygen atoms in total. The van der Waals surface area contributed by atoms with Crippen LogP contribution in [0.5, 0.6) is 0 Å². The zero-order chi connectivity index (χ0) is 9.42. The molecule has 0 radical (unpaired) electrons. The lowest BCUT2D eigenvalue weighted by Gasteiger charge is -2.01. The Labute approximate surface area is 81.0 Å². The topological polar surface area (TPSA) is 0 Å². The largest absolute Gasteiger partial charge is 0.195 e. The molecule has 0 aliphatic carbocycles. The van der Waals surface area contributed by atoms with Gasteiger partial charge in [0.05, 0.1) is 0 Å². The summed E-state index contributed by atoms with van der Waals surface area (Å²) in [6, 6.07) is 5.77. The lowest BCUT2D eigenvalue weighted by Crippen LogP contribution is -1.84. The van der Waals surface area contributed by atoms with Crippen LogP contribution in [0.4, 0.5) is 4.39 Å². The van der Waals surface area contributed by atoms with E-state index in [9.17, 15) is 4.39 Å². The molecular formula is C11H11FS. The van der Waals surface area contributed by atoms with Gasteiger partial charge in [-0.1, -0.05) is 6.92 Å². The molecular weight excluding hydrogens is 183 g/mol. The zero-order valence-corrected chi connectivity index (χ0v) is 8.54. The highest BCUT2D eigenvalue weighted by molar-refractivity contribution is 7.17. The monoisotopic (exact) mass is 194 g/mol. The summed E-state index contributed by atoms with van der Waals surface area (Å²) >= 11 is 1.22. The van der Waals surface area contributed by atoms with Crippen LogP contribution in [0.2, 0.25) is 0 Å². The van der Waals surface area contributed by atoms with Crippen LogP contribution in [0.15, 0.2) is 18.2 Å². The van der Waals surface area contributed by atoms with E-state index in [2.05, 4.69) is 26.0 Å². The predicted molar refractivity (Wildman–Crippen MR) is 55.9 cm³/mol. The van der Waals surface area contributed by atoms with E-state index in [1.807, 2.05) is 0 Å². The predicted octanol–water partition coefficient (Wildman–Crippen LogP) is 3.91. The molecule has 0 N–H and O–H groups in total. The fraction of sp³-hybridized carbons (Fsp3) is 0.273. The third-order valence-electron chi connectivity index (χ3n) is 2.33. The smallest absolute Gasteiger partial charge is 0.177 e. The van der Waals surface area contributed by atoms with E-state index in [0.717, 1.165) is 16.5 Å². The van der Waals surface area contributed by atoms with E-state index >= 15 is 0 Å². The molecule has 2 rings (SSSR count). The summed E-state index contributed by atoms with van der Waals surface area (Å²) in [6.07, 6.45) is 1.01. The Bertz CT molecular complexity index is 443. The molecule has 0 saturated heterocycles. The first-order valence-electron chi connectivity index (χ1n) is 4.39. The Hall–Kier alpha value is -0.890. The molecule has 0 saturated carbocycles. The Balaban J connectivity index is 2.72. The van der Waals surface area contributed by atoms with Gasteiger partial charge in [0.25, 0.3) is 0 Å². The van der Waals surface area contributed by atoms with Crippen molar-refractivity contribution in [2.45, 2.75) is 20.3 Å². The van der Waals surface area contributed by atoms with E-state index in [1.54, 1.807) is 6.07 Å². The Kier molecular flexibility index (Phi) is 2.08. The molecule has 0 amide bonds. The van der Waals surface area contributed by atoms with Crippen molar-refractivity contribution in [2.75, 3.05) is 0 Å². The first-order valence-corrected chi connectivity index (χ1v) is 5.21. The fourth-order valence-electron chi connectivity index (χ4n) is 1.58. The van der Waals surface area contributed by atoms with Gasteiger partial charge in [-0.3, -0.25) is 0 Å². The maximum Gasteiger partial charge on any atom is 0.177 e. The van der Waals surface area contributed by atoms with Gasteiger partial charge in [0.2, 0.25) is 0 Å². The number of fused-ring (bicyclic) bond motifs is 1. The molecule has 2 aromatic rings. The lowest BCUT2D eigenvalue weighted by atomic mass is 10.0. The fourth-order valence-corrected chi connectivity index (χ4v) is 2.45. The summed E-state index contributed by atoms with van der Waals surface area (Å²) in [6.45, 7) is 4.20. The number of benzene rings is 1. The van der Waals surface area contributed by atoms with Crippen LogP contribution in [0, 0.1) is 12.1 Å². The van der Waals surface area contributed by atoms with Crippen LogP contribution in [-0.2, 0) is 6.42 Å². The SMILES string of the molecule is CCc1cc2cc(F)sc2cc1C. The third kappa shape index (κ3) is 1.46. The van der Waals surface area contributed by atoms with Crippen LogP contribution in [0.3, 0.4) is 0 Å². The van der Waals surface area contributed by atoms with E-state index in [-0.39, 0.29) is 5.13 Å². The molecule has 68 valence electrons. The van der Waals surface area contributed by atoms with Crippen molar-refractivity contribution in [3.63, 3.8) is 0 Å². The molecule has 0 fully saturated rings. The molecule has 0 spiro atoms. The van der Waals surface area contributed by atoms with Crippen molar-refractivity contribution >= 4 is 21.4 Å².